The topological polar surface area (TPSA) is 83.0 Å². The highest BCUT2D eigenvalue weighted by atomic mass is 16.5. The van der Waals surface area contributed by atoms with E-state index in [0.29, 0.717) is 16.7 Å². The van der Waals surface area contributed by atoms with Gasteiger partial charge in [0.15, 0.2) is 5.65 Å². The first-order chi connectivity index (χ1) is 14.1. The Labute approximate surface area is 169 Å². The van der Waals surface area contributed by atoms with Crippen molar-refractivity contribution in [1.82, 2.24) is 14.5 Å². The van der Waals surface area contributed by atoms with Gasteiger partial charge >= 0.3 is 5.97 Å². The number of para-hydroxylation sites is 2. The van der Waals surface area contributed by atoms with Crippen LogP contribution in [0.4, 0.5) is 5.82 Å². The first-order valence-electron chi connectivity index (χ1n) is 9.88. The third-order valence-electron chi connectivity index (χ3n) is 5.15. The summed E-state index contributed by atoms with van der Waals surface area (Å²) in [7, 11) is 1.34. The molecule has 0 aliphatic heterocycles. The number of nitrogen functional groups attached to an aromatic ring is 1. The Bertz CT molecular complexity index is 1180. The Hall–Kier alpha value is -3.41. The lowest BCUT2D eigenvalue weighted by molar-refractivity contribution is 0.0604. The van der Waals surface area contributed by atoms with Gasteiger partial charge in [0.05, 0.1) is 18.1 Å². The monoisotopic (exact) mass is 388 g/mol. The number of benzene rings is 2. The van der Waals surface area contributed by atoms with Gasteiger partial charge in [0.2, 0.25) is 0 Å². The van der Waals surface area contributed by atoms with Crippen molar-refractivity contribution in [2.75, 3.05) is 12.8 Å². The Kier molecular flexibility index (Phi) is 5.16. The minimum Gasteiger partial charge on any atom is -0.465 e. The largest absolute Gasteiger partial charge is 0.465 e. The van der Waals surface area contributed by atoms with Crippen molar-refractivity contribution in [2.24, 2.45) is 0 Å². The number of nitrogens with zero attached hydrogens (tertiary/aromatic N) is 3. The number of aryl methyl sites for hydroxylation is 1. The highest BCUT2D eigenvalue weighted by molar-refractivity contribution is 6.08. The Morgan fingerprint density at radius 3 is 2.38 bits per heavy atom. The van der Waals surface area contributed by atoms with E-state index in [-0.39, 0.29) is 11.4 Å². The van der Waals surface area contributed by atoms with Crippen LogP contribution in [0.25, 0.3) is 27.9 Å². The number of fused-ring (bicyclic) bond motifs is 2. The van der Waals surface area contributed by atoms with Crippen LogP contribution in [-0.2, 0) is 11.2 Å². The van der Waals surface area contributed by atoms with Gasteiger partial charge in [-0.3, -0.25) is 4.57 Å². The molecule has 4 aromatic rings. The maximum atomic E-state index is 12.4. The fourth-order valence-electron chi connectivity index (χ4n) is 3.62. The van der Waals surface area contributed by atoms with Gasteiger partial charge in [0, 0.05) is 5.69 Å². The number of rotatable bonds is 6. The van der Waals surface area contributed by atoms with Gasteiger partial charge in [-0.15, -0.1) is 0 Å². The molecule has 29 heavy (non-hydrogen) atoms. The molecule has 6 nitrogen and oxygen atoms in total. The molecule has 6 heteroatoms. The second kappa shape index (κ2) is 7.91. The molecule has 0 radical (unpaired) electrons. The van der Waals surface area contributed by atoms with E-state index < -0.39 is 5.97 Å². The first kappa shape index (κ1) is 18.9. The van der Waals surface area contributed by atoms with E-state index in [1.807, 2.05) is 36.4 Å². The lowest BCUT2D eigenvalue weighted by atomic mass is 10.1. The lowest BCUT2D eigenvalue weighted by Crippen LogP contribution is -2.07. The molecule has 148 valence electrons. The molecule has 2 N–H and O–H groups in total. The third kappa shape index (κ3) is 3.42. The maximum Gasteiger partial charge on any atom is 0.343 e. The number of ether oxygens (including phenoxy) is 1. The van der Waals surface area contributed by atoms with Crippen molar-refractivity contribution in [1.29, 1.82) is 0 Å². The van der Waals surface area contributed by atoms with E-state index in [2.05, 4.69) is 24.0 Å². The van der Waals surface area contributed by atoms with Gasteiger partial charge in [-0.1, -0.05) is 44.0 Å². The summed E-state index contributed by atoms with van der Waals surface area (Å²) in [6.45, 7) is 2.20. The zero-order valence-corrected chi connectivity index (χ0v) is 16.7. The molecule has 0 spiro atoms. The molecule has 4 rings (SSSR count). The number of aromatic nitrogens is 3. The standard InChI is InChI=1S/C23H24N4O2/c1-3-4-5-8-15-11-13-16(14-12-15)27-21(24)19(23(28)29-2)20-22(27)26-18-10-7-6-9-17(18)25-20/h6-7,9-14H,3-5,8,24H2,1-2H3. The SMILES string of the molecule is CCCCCc1ccc(-n2c(N)c(C(=O)OC)c3nc4ccccc4nc32)cc1. The zero-order chi connectivity index (χ0) is 20.4. The highest BCUT2D eigenvalue weighted by Gasteiger charge is 2.25. The van der Waals surface area contributed by atoms with Crippen LogP contribution in [0.1, 0.15) is 42.1 Å². The van der Waals surface area contributed by atoms with Crippen LogP contribution in [0.3, 0.4) is 0 Å². The normalized spacial score (nSPS) is 11.2. The van der Waals surface area contributed by atoms with Crippen LogP contribution in [0.2, 0.25) is 0 Å². The third-order valence-corrected chi connectivity index (χ3v) is 5.15. The van der Waals surface area contributed by atoms with E-state index in [1.54, 1.807) is 4.57 Å². The van der Waals surface area contributed by atoms with Gasteiger partial charge in [-0.05, 0) is 42.7 Å². The van der Waals surface area contributed by atoms with E-state index in [9.17, 15) is 4.79 Å². The number of anilines is 1. The Morgan fingerprint density at radius 1 is 1.03 bits per heavy atom. The summed E-state index contributed by atoms with van der Waals surface area (Å²) in [5.74, 6) is -0.243. The number of unbranched alkanes of at least 4 members (excludes halogenated alkanes) is 2. The highest BCUT2D eigenvalue weighted by Crippen LogP contribution is 2.31. The summed E-state index contributed by atoms with van der Waals surface area (Å²) in [5, 5.41) is 0. The number of nitrogens with two attached hydrogens (primary N) is 1. The van der Waals surface area contributed by atoms with Crippen LogP contribution in [0.15, 0.2) is 48.5 Å². The molecule has 0 saturated heterocycles. The van der Waals surface area contributed by atoms with Gasteiger partial charge in [-0.25, -0.2) is 14.8 Å². The second-order valence-electron chi connectivity index (χ2n) is 7.10. The van der Waals surface area contributed by atoms with Crippen LogP contribution in [0, 0.1) is 0 Å². The summed E-state index contributed by atoms with van der Waals surface area (Å²) in [5.41, 5.74) is 11.2. The average molecular weight is 388 g/mol. The molecular formula is C23H24N4O2. The molecule has 2 heterocycles. The predicted molar refractivity (Wildman–Crippen MR) is 115 cm³/mol. The number of methoxy groups -OCH3 is 1. The zero-order valence-electron chi connectivity index (χ0n) is 16.7. The molecule has 0 bridgehead atoms. The van der Waals surface area contributed by atoms with Crippen molar-refractivity contribution < 1.29 is 9.53 Å². The molecule has 0 fully saturated rings. The minimum absolute atomic E-state index is 0.243. The molecule has 0 atom stereocenters. The summed E-state index contributed by atoms with van der Waals surface area (Å²) in [6, 6.07) is 15.8. The van der Waals surface area contributed by atoms with E-state index in [1.165, 1.54) is 31.9 Å². The van der Waals surface area contributed by atoms with Crippen molar-refractivity contribution in [2.45, 2.75) is 32.6 Å². The van der Waals surface area contributed by atoms with Crippen molar-refractivity contribution >= 4 is 34.0 Å². The van der Waals surface area contributed by atoms with Crippen LogP contribution >= 0.6 is 0 Å². The van der Waals surface area contributed by atoms with Gasteiger partial charge in [0.1, 0.15) is 16.9 Å². The average Bonchev–Trinajstić information content (AvgIpc) is 3.03. The summed E-state index contributed by atoms with van der Waals surface area (Å²) in [6.07, 6.45) is 4.65. The van der Waals surface area contributed by atoms with Crippen LogP contribution in [-0.4, -0.2) is 27.6 Å². The number of hydrogen-bond acceptors (Lipinski definition) is 5. The van der Waals surface area contributed by atoms with Crippen LogP contribution in [0.5, 0.6) is 0 Å². The fraction of sp³-hybridized carbons (Fsp3) is 0.261. The van der Waals surface area contributed by atoms with Gasteiger partial charge in [0.25, 0.3) is 0 Å². The Balaban J connectivity index is 1.88. The molecule has 0 aliphatic rings. The maximum absolute atomic E-state index is 12.4. The second-order valence-corrected chi connectivity index (χ2v) is 7.10. The number of carbonyl (C=O) groups is 1. The Morgan fingerprint density at radius 2 is 1.72 bits per heavy atom. The fourth-order valence-corrected chi connectivity index (χ4v) is 3.62. The summed E-state index contributed by atoms with van der Waals surface area (Å²) in [4.78, 5) is 21.9. The van der Waals surface area contributed by atoms with Crippen molar-refractivity contribution in [3.05, 3.63) is 59.7 Å². The van der Waals surface area contributed by atoms with Crippen LogP contribution < -0.4 is 5.73 Å². The van der Waals surface area contributed by atoms with Gasteiger partial charge in [-0.2, -0.15) is 0 Å². The smallest absolute Gasteiger partial charge is 0.343 e. The molecular weight excluding hydrogens is 364 g/mol. The minimum atomic E-state index is -0.521. The molecule has 2 aromatic heterocycles. The summed E-state index contributed by atoms with van der Waals surface area (Å²) >= 11 is 0. The molecule has 0 saturated carbocycles. The quantitative estimate of drug-likeness (QED) is 0.383. The molecule has 2 aromatic carbocycles. The van der Waals surface area contributed by atoms with E-state index in [4.69, 9.17) is 15.5 Å². The number of carbonyl (C=O) groups excluding carboxylic acids is 1. The number of hydrogen-bond donors (Lipinski definition) is 1. The molecule has 0 unspecified atom stereocenters. The van der Waals surface area contributed by atoms with E-state index in [0.717, 1.165) is 17.6 Å². The molecule has 0 aliphatic carbocycles. The van der Waals surface area contributed by atoms with E-state index >= 15 is 0 Å². The molecule has 0 amide bonds. The number of esters is 1. The van der Waals surface area contributed by atoms with Crippen molar-refractivity contribution in [3.8, 4) is 5.69 Å². The van der Waals surface area contributed by atoms with Crippen molar-refractivity contribution in [3.63, 3.8) is 0 Å². The predicted octanol–water partition coefficient (Wildman–Crippen LogP) is 4.68. The lowest BCUT2D eigenvalue weighted by Gasteiger charge is -2.09. The first-order valence-corrected chi connectivity index (χ1v) is 9.88. The van der Waals surface area contributed by atoms with Gasteiger partial charge < -0.3 is 10.5 Å². The summed E-state index contributed by atoms with van der Waals surface area (Å²) < 4.78 is 6.74.